The molecule has 0 amide bonds. The molecule has 4 nitrogen and oxygen atoms in total. The number of nitrogens with zero attached hydrogens (tertiary/aromatic N) is 1. The number of halogens is 4. The van der Waals surface area contributed by atoms with Crippen molar-refractivity contribution in [2.75, 3.05) is 32.8 Å². The number of aromatic hydroxyl groups is 1. The molecule has 0 aliphatic carbocycles. The number of aliphatic hydroxyl groups is 1. The van der Waals surface area contributed by atoms with Gasteiger partial charge in [-0.15, -0.1) is 12.4 Å². The zero-order valence-corrected chi connectivity index (χ0v) is 13.6. The molecule has 120 valence electrons. The number of benzene rings is 1. The molecular formula is C13H18BrClF2N2O2. The van der Waals surface area contributed by atoms with E-state index in [-0.39, 0.29) is 23.7 Å². The van der Waals surface area contributed by atoms with Crippen molar-refractivity contribution in [1.29, 1.82) is 0 Å². The summed E-state index contributed by atoms with van der Waals surface area (Å²) in [5, 5.41) is 22.2. The Bertz CT molecular complexity index is 473. The monoisotopic (exact) mass is 386 g/mol. The Morgan fingerprint density at radius 3 is 2.52 bits per heavy atom. The van der Waals surface area contributed by atoms with Crippen LogP contribution in [0.1, 0.15) is 11.6 Å². The highest BCUT2D eigenvalue weighted by Gasteiger charge is 2.45. The smallest absolute Gasteiger partial charge is 0.290 e. The van der Waals surface area contributed by atoms with Crippen LogP contribution in [0.5, 0.6) is 5.75 Å². The van der Waals surface area contributed by atoms with Crippen molar-refractivity contribution in [3.63, 3.8) is 0 Å². The van der Waals surface area contributed by atoms with Crippen molar-refractivity contribution in [1.82, 2.24) is 10.2 Å². The molecule has 0 saturated carbocycles. The lowest BCUT2D eigenvalue weighted by Crippen LogP contribution is -2.51. The van der Waals surface area contributed by atoms with Crippen LogP contribution in [0.3, 0.4) is 0 Å². The molecule has 0 bridgehead atoms. The molecule has 3 N–H and O–H groups in total. The maximum absolute atomic E-state index is 14.2. The quantitative estimate of drug-likeness (QED) is 0.741. The van der Waals surface area contributed by atoms with E-state index in [0.717, 1.165) is 0 Å². The summed E-state index contributed by atoms with van der Waals surface area (Å²) in [6.07, 6.45) is 0. The number of piperazine rings is 1. The van der Waals surface area contributed by atoms with Crippen LogP contribution in [0.4, 0.5) is 8.78 Å². The van der Waals surface area contributed by atoms with E-state index in [2.05, 4.69) is 21.2 Å². The summed E-state index contributed by atoms with van der Waals surface area (Å²) in [4.78, 5) is 1.59. The van der Waals surface area contributed by atoms with Crippen LogP contribution in [0.25, 0.3) is 0 Å². The number of phenols is 1. The van der Waals surface area contributed by atoms with Crippen molar-refractivity contribution in [2.45, 2.75) is 12.0 Å². The Morgan fingerprint density at radius 2 is 1.95 bits per heavy atom. The number of para-hydroxylation sites is 1. The van der Waals surface area contributed by atoms with Gasteiger partial charge in [0.05, 0.1) is 4.47 Å². The molecule has 1 aliphatic heterocycles. The molecular weight excluding hydrogens is 370 g/mol. The van der Waals surface area contributed by atoms with Crippen LogP contribution < -0.4 is 5.32 Å². The summed E-state index contributed by atoms with van der Waals surface area (Å²) in [6.45, 7) is 0.825. The number of aliphatic hydroxyl groups excluding tert-OH is 1. The lowest BCUT2D eigenvalue weighted by atomic mass is 9.97. The van der Waals surface area contributed by atoms with Gasteiger partial charge in [-0.2, -0.15) is 0 Å². The summed E-state index contributed by atoms with van der Waals surface area (Å²) in [5.74, 6) is -3.53. The summed E-state index contributed by atoms with van der Waals surface area (Å²) < 4.78 is 28.7. The lowest BCUT2D eigenvalue weighted by Gasteiger charge is -2.39. The predicted molar refractivity (Wildman–Crippen MR) is 82.3 cm³/mol. The fourth-order valence-electron chi connectivity index (χ4n) is 2.47. The van der Waals surface area contributed by atoms with Gasteiger partial charge in [0.1, 0.15) is 18.4 Å². The first-order chi connectivity index (χ1) is 9.47. The number of hydrogen-bond acceptors (Lipinski definition) is 4. The minimum absolute atomic E-state index is 0. The first kappa shape index (κ1) is 18.6. The topological polar surface area (TPSA) is 55.7 Å². The van der Waals surface area contributed by atoms with Gasteiger partial charge in [-0.25, -0.2) is 8.78 Å². The molecule has 1 heterocycles. The van der Waals surface area contributed by atoms with Gasteiger partial charge >= 0.3 is 0 Å². The van der Waals surface area contributed by atoms with Crippen molar-refractivity contribution in [3.05, 3.63) is 28.2 Å². The molecule has 0 spiro atoms. The molecule has 1 aromatic carbocycles. The van der Waals surface area contributed by atoms with E-state index in [4.69, 9.17) is 5.11 Å². The zero-order chi connectivity index (χ0) is 14.8. The second kappa shape index (κ2) is 7.69. The van der Waals surface area contributed by atoms with Crippen LogP contribution in [0, 0.1) is 0 Å². The Balaban J connectivity index is 0.00000220. The summed E-state index contributed by atoms with van der Waals surface area (Å²) >= 11 is 3.14. The number of nitrogens with one attached hydrogen (secondary N) is 1. The third kappa shape index (κ3) is 4.04. The van der Waals surface area contributed by atoms with Crippen molar-refractivity contribution < 1.29 is 19.0 Å². The third-order valence-electron chi connectivity index (χ3n) is 3.44. The number of alkyl halides is 2. The van der Waals surface area contributed by atoms with Gasteiger partial charge in [-0.1, -0.05) is 12.1 Å². The maximum atomic E-state index is 14.2. The van der Waals surface area contributed by atoms with E-state index in [1.165, 1.54) is 6.07 Å². The van der Waals surface area contributed by atoms with Crippen LogP contribution in [-0.4, -0.2) is 53.8 Å². The maximum Gasteiger partial charge on any atom is 0.290 e. The largest absolute Gasteiger partial charge is 0.506 e. The SMILES string of the molecule is Cl.OCC(F)(F)[C@H](c1cccc(Br)c1O)N1CCNCC1. The normalized spacial score (nSPS) is 18.1. The number of phenolic OH excluding ortho intramolecular Hbond substituents is 1. The van der Waals surface area contributed by atoms with Crippen LogP contribution in [0.2, 0.25) is 0 Å². The van der Waals surface area contributed by atoms with E-state index >= 15 is 0 Å². The molecule has 1 fully saturated rings. The van der Waals surface area contributed by atoms with E-state index in [1.54, 1.807) is 17.0 Å². The Kier molecular flexibility index (Phi) is 6.80. The minimum Gasteiger partial charge on any atom is -0.506 e. The van der Waals surface area contributed by atoms with Gasteiger partial charge in [-0.05, 0) is 22.0 Å². The molecule has 8 heteroatoms. The van der Waals surface area contributed by atoms with Crippen molar-refractivity contribution >= 4 is 28.3 Å². The molecule has 0 radical (unpaired) electrons. The third-order valence-corrected chi connectivity index (χ3v) is 4.08. The minimum atomic E-state index is -3.32. The summed E-state index contributed by atoms with van der Waals surface area (Å²) in [7, 11) is 0. The van der Waals surface area contributed by atoms with E-state index < -0.39 is 18.6 Å². The molecule has 1 atom stereocenters. The average molecular weight is 388 g/mol. The van der Waals surface area contributed by atoms with Gasteiger partial charge in [0, 0.05) is 31.7 Å². The zero-order valence-electron chi connectivity index (χ0n) is 11.2. The summed E-state index contributed by atoms with van der Waals surface area (Å²) in [6, 6.07) is 3.31. The van der Waals surface area contributed by atoms with Gasteiger partial charge in [-0.3, -0.25) is 4.90 Å². The second-order valence-corrected chi connectivity index (χ2v) is 5.64. The predicted octanol–water partition coefficient (Wildman–Crippen LogP) is 2.15. The summed E-state index contributed by atoms with van der Waals surface area (Å²) in [5.41, 5.74) is 0.125. The standard InChI is InChI=1S/C13H17BrF2N2O2.ClH/c14-10-3-1-2-9(11(10)20)12(13(15,16)8-19)18-6-4-17-5-7-18;/h1-3,12,17,19-20H,4-8H2;1H/t12-;/m0./s1. The fourth-order valence-corrected chi connectivity index (χ4v) is 2.85. The van der Waals surface area contributed by atoms with Crippen molar-refractivity contribution in [3.8, 4) is 5.75 Å². The van der Waals surface area contributed by atoms with Gasteiger partial charge in [0.25, 0.3) is 5.92 Å². The highest BCUT2D eigenvalue weighted by atomic mass is 79.9. The number of hydrogen-bond donors (Lipinski definition) is 3. The fraction of sp³-hybridized carbons (Fsp3) is 0.538. The molecule has 21 heavy (non-hydrogen) atoms. The van der Waals surface area contributed by atoms with Gasteiger partial charge < -0.3 is 15.5 Å². The molecule has 1 aliphatic rings. The lowest BCUT2D eigenvalue weighted by molar-refractivity contribution is -0.119. The van der Waals surface area contributed by atoms with Gasteiger partial charge in [0.15, 0.2) is 0 Å². The van der Waals surface area contributed by atoms with E-state index in [0.29, 0.717) is 30.7 Å². The molecule has 0 aromatic heterocycles. The molecule has 2 rings (SSSR count). The van der Waals surface area contributed by atoms with E-state index in [1.807, 2.05) is 0 Å². The van der Waals surface area contributed by atoms with Crippen LogP contribution >= 0.6 is 28.3 Å². The highest BCUT2D eigenvalue weighted by molar-refractivity contribution is 9.10. The highest BCUT2D eigenvalue weighted by Crippen LogP contribution is 2.42. The Labute approximate surface area is 136 Å². The molecule has 0 unspecified atom stereocenters. The first-order valence-electron chi connectivity index (χ1n) is 6.38. The Morgan fingerprint density at radius 1 is 1.33 bits per heavy atom. The molecule has 1 aromatic rings. The van der Waals surface area contributed by atoms with Crippen LogP contribution in [0.15, 0.2) is 22.7 Å². The second-order valence-electron chi connectivity index (χ2n) is 4.79. The van der Waals surface area contributed by atoms with E-state index in [9.17, 15) is 13.9 Å². The average Bonchev–Trinajstić information content (AvgIpc) is 2.45. The van der Waals surface area contributed by atoms with Gasteiger partial charge in [0.2, 0.25) is 0 Å². The Hall–Kier alpha value is -0.470. The first-order valence-corrected chi connectivity index (χ1v) is 7.17. The van der Waals surface area contributed by atoms with Crippen LogP contribution in [-0.2, 0) is 0 Å². The van der Waals surface area contributed by atoms with Crippen molar-refractivity contribution in [2.24, 2.45) is 0 Å². The molecule has 1 saturated heterocycles. The number of rotatable bonds is 4.